The van der Waals surface area contributed by atoms with Crippen LogP contribution in [0.3, 0.4) is 0 Å². The number of nitrogens with zero attached hydrogens (tertiary/aromatic N) is 1. The second kappa shape index (κ2) is 8.33. The third-order valence-electron chi connectivity index (χ3n) is 4.08. The van der Waals surface area contributed by atoms with Gasteiger partial charge in [0.25, 0.3) is 5.91 Å². The van der Waals surface area contributed by atoms with Gasteiger partial charge in [-0.1, -0.05) is 0 Å². The summed E-state index contributed by atoms with van der Waals surface area (Å²) in [5, 5.41) is 2.74. The van der Waals surface area contributed by atoms with Crippen molar-refractivity contribution >= 4 is 27.9 Å². The van der Waals surface area contributed by atoms with Crippen LogP contribution in [0.25, 0.3) is 0 Å². The van der Waals surface area contributed by atoms with Gasteiger partial charge < -0.3 is 15.0 Å². The van der Waals surface area contributed by atoms with E-state index in [1.807, 2.05) is 0 Å². The van der Waals surface area contributed by atoms with E-state index < -0.39 is 29.2 Å². The summed E-state index contributed by atoms with van der Waals surface area (Å²) in [6.45, 7) is 6.76. The summed E-state index contributed by atoms with van der Waals surface area (Å²) in [4.78, 5) is 25.7. The van der Waals surface area contributed by atoms with Crippen LogP contribution < -0.4 is 5.32 Å². The third-order valence-corrected chi connectivity index (χ3v) is 4.68. The molecule has 1 heterocycles. The number of halogens is 3. The summed E-state index contributed by atoms with van der Waals surface area (Å²) in [5.74, 6) is -1.85. The van der Waals surface area contributed by atoms with Gasteiger partial charge in [0.15, 0.2) is 0 Å². The van der Waals surface area contributed by atoms with Crippen LogP contribution in [-0.2, 0) is 4.74 Å². The van der Waals surface area contributed by atoms with Crippen molar-refractivity contribution in [2.75, 3.05) is 19.6 Å². The maximum absolute atomic E-state index is 13.9. The Labute approximate surface area is 160 Å². The van der Waals surface area contributed by atoms with Gasteiger partial charge in [0.05, 0.1) is 10.0 Å². The van der Waals surface area contributed by atoms with Crippen LogP contribution in [0.1, 0.15) is 44.0 Å². The van der Waals surface area contributed by atoms with E-state index in [1.54, 1.807) is 25.7 Å². The number of hydrogen-bond acceptors (Lipinski definition) is 3. The number of carbonyl (C=O) groups is 2. The second-order valence-electron chi connectivity index (χ2n) is 7.36. The standard InChI is InChI=1S/C18H23BrF2N2O3/c1-18(2,3)26-17(25)22-10-11-4-6-23(7-5-11)16(24)12-8-13(19)15(21)9-14(12)20/h8-9,11H,4-7,10H2,1-3H3,(H,22,25). The fourth-order valence-electron chi connectivity index (χ4n) is 2.74. The van der Waals surface area contributed by atoms with Crippen molar-refractivity contribution < 1.29 is 23.1 Å². The average Bonchev–Trinajstić information content (AvgIpc) is 2.54. The van der Waals surface area contributed by atoms with E-state index >= 15 is 0 Å². The minimum absolute atomic E-state index is 0.0543. The second-order valence-corrected chi connectivity index (χ2v) is 8.22. The highest BCUT2D eigenvalue weighted by atomic mass is 79.9. The molecule has 0 unspecified atom stereocenters. The Balaban J connectivity index is 1.85. The predicted octanol–water partition coefficient (Wildman–Crippen LogP) is 4.10. The molecular formula is C18H23BrF2N2O3. The first-order chi connectivity index (χ1) is 12.1. The molecule has 0 radical (unpaired) electrons. The van der Waals surface area contributed by atoms with E-state index in [4.69, 9.17) is 4.74 Å². The number of carbonyl (C=O) groups excluding carboxylic acids is 2. The predicted molar refractivity (Wildman–Crippen MR) is 96.9 cm³/mol. The zero-order chi connectivity index (χ0) is 19.5. The average molecular weight is 433 g/mol. The molecule has 0 aliphatic carbocycles. The minimum Gasteiger partial charge on any atom is -0.444 e. The molecule has 8 heteroatoms. The maximum Gasteiger partial charge on any atom is 0.407 e. The van der Waals surface area contributed by atoms with Crippen LogP contribution in [0.4, 0.5) is 13.6 Å². The molecule has 1 fully saturated rings. The van der Waals surface area contributed by atoms with E-state index in [9.17, 15) is 18.4 Å². The van der Waals surface area contributed by atoms with Crippen molar-refractivity contribution in [1.29, 1.82) is 0 Å². The van der Waals surface area contributed by atoms with Gasteiger partial charge in [0.1, 0.15) is 17.2 Å². The fraction of sp³-hybridized carbons (Fsp3) is 0.556. The number of alkyl carbamates (subject to hydrolysis) is 1. The summed E-state index contributed by atoms with van der Waals surface area (Å²) < 4.78 is 32.4. The Morgan fingerprint density at radius 2 is 1.85 bits per heavy atom. The molecule has 0 spiro atoms. The van der Waals surface area contributed by atoms with Crippen LogP contribution >= 0.6 is 15.9 Å². The molecule has 1 aliphatic rings. The van der Waals surface area contributed by atoms with Crippen molar-refractivity contribution in [3.63, 3.8) is 0 Å². The summed E-state index contributed by atoms with van der Waals surface area (Å²) in [6, 6.07) is 1.87. The quantitative estimate of drug-likeness (QED) is 0.731. The highest BCUT2D eigenvalue weighted by Crippen LogP contribution is 2.24. The molecule has 0 atom stereocenters. The van der Waals surface area contributed by atoms with Gasteiger partial charge in [0.2, 0.25) is 0 Å². The van der Waals surface area contributed by atoms with Crippen molar-refractivity contribution in [1.82, 2.24) is 10.2 Å². The van der Waals surface area contributed by atoms with E-state index in [-0.39, 0.29) is 16.0 Å². The molecular weight excluding hydrogens is 410 g/mol. The van der Waals surface area contributed by atoms with Crippen molar-refractivity contribution in [3.05, 3.63) is 33.8 Å². The highest BCUT2D eigenvalue weighted by molar-refractivity contribution is 9.10. The molecule has 0 saturated carbocycles. The number of rotatable bonds is 3. The molecule has 1 aliphatic heterocycles. The molecule has 5 nitrogen and oxygen atoms in total. The maximum atomic E-state index is 13.9. The summed E-state index contributed by atoms with van der Waals surface area (Å²) in [7, 11) is 0. The number of nitrogens with one attached hydrogen (secondary N) is 1. The molecule has 1 aromatic rings. The third kappa shape index (κ3) is 5.65. The topological polar surface area (TPSA) is 58.6 Å². The van der Waals surface area contributed by atoms with Crippen LogP contribution in [0.2, 0.25) is 0 Å². The Morgan fingerprint density at radius 1 is 1.23 bits per heavy atom. The number of likely N-dealkylation sites (tertiary alicyclic amines) is 1. The SMILES string of the molecule is CC(C)(C)OC(=O)NCC1CCN(C(=O)c2cc(Br)c(F)cc2F)CC1. The number of amides is 2. The molecule has 1 N–H and O–H groups in total. The summed E-state index contributed by atoms with van der Waals surface area (Å²) in [5.41, 5.74) is -0.698. The molecule has 0 bridgehead atoms. The van der Waals surface area contributed by atoms with Gasteiger partial charge in [-0.3, -0.25) is 4.79 Å². The van der Waals surface area contributed by atoms with Gasteiger partial charge in [-0.2, -0.15) is 0 Å². The molecule has 1 saturated heterocycles. The van der Waals surface area contributed by atoms with Gasteiger partial charge in [-0.25, -0.2) is 13.6 Å². The molecule has 0 aromatic heterocycles. The lowest BCUT2D eigenvalue weighted by Gasteiger charge is -2.32. The molecule has 144 valence electrons. The fourth-order valence-corrected chi connectivity index (χ4v) is 3.08. The molecule has 2 rings (SSSR count). The minimum atomic E-state index is -0.871. The van der Waals surface area contributed by atoms with E-state index in [0.717, 1.165) is 0 Å². The van der Waals surface area contributed by atoms with Gasteiger partial charge in [0, 0.05) is 25.7 Å². The normalized spacial score (nSPS) is 15.7. The first kappa shape index (κ1) is 20.6. The summed E-state index contributed by atoms with van der Waals surface area (Å²) in [6.07, 6.45) is 0.908. The zero-order valence-corrected chi connectivity index (χ0v) is 16.7. The Kier molecular flexibility index (Phi) is 6.60. The van der Waals surface area contributed by atoms with Gasteiger partial charge in [-0.05, 0) is 61.5 Å². The van der Waals surface area contributed by atoms with Crippen LogP contribution in [0, 0.1) is 17.6 Å². The number of benzene rings is 1. The van der Waals surface area contributed by atoms with Crippen molar-refractivity contribution in [2.45, 2.75) is 39.2 Å². The molecule has 1 aromatic carbocycles. The smallest absolute Gasteiger partial charge is 0.407 e. The Hall–Kier alpha value is -1.70. The zero-order valence-electron chi connectivity index (χ0n) is 15.1. The number of piperidine rings is 1. The van der Waals surface area contributed by atoms with E-state index in [2.05, 4.69) is 21.2 Å². The van der Waals surface area contributed by atoms with Crippen LogP contribution in [-0.4, -0.2) is 42.1 Å². The first-order valence-electron chi connectivity index (χ1n) is 8.47. The summed E-state index contributed by atoms with van der Waals surface area (Å²) >= 11 is 2.97. The van der Waals surface area contributed by atoms with Crippen molar-refractivity contribution in [3.8, 4) is 0 Å². The highest BCUT2D eigenvalue weighted by Gasteiger charge is 2.26. The van der Waals surface area contributed by atoms with Crippen LogP contribution in [0.15, 0.2) is 16.6 Å². The lowest BCUT2D eigenvalue weighted by molar-refractivity contribution is 0.0499. The number of ether oxygens (including phenoxy) is 1. The van der Waals surface area contributed by atoms with Crippen LogP contribution in [0.5, 0.6) is 0 Å². The first-order valence-corrected chi connectivity index (χ1v) is 9.27. The van der Waals surface area contributed by atoms with Crippen molar-refractivity contribution in [2.24, 2.45) is 5.92 Å². The Bertz CT molecular complexity index is 684. The van der Waals surface area contributed by atoms with E-state index in [1.165, 1.54) is 6.07 Å². The lowest BCUT2D eigenvalue weighted by Crippen LogP contribution is -2.42. The lowest BCUT2D eigenvalue weighted by atomic mass is 9.96. The number of hydrogen-bond donors (Lipinski definition) is 1. The Morgan fingerprint density at radius 3 is 2.42 bits per heavy atom. The van der Waals surface area contributed by atoms with E-state index in [0.29, 0.717) is 38.5 Å². The monoisotopic (exact) mass is 432 g/mol. The van der Waals surface area contributed by atoms with Gasteiger partial charge >= 0.3 is 6.09 Å². The molecule has 26 heavy (non-hydrogen) atoms. The van der Waals surface area contributed by atoms with Gasteiger partial charge in [-0.15, -0.1) is 0 Å². The molecule has 2 amide bonds. The largest absolute Gasteiger partial charge is 0.444 e.